The van der Waals surface area contributed by atoms with Crippen LogP contribution in [0.2, 0.25) is 5.02 Å². The number of carbonyl (C=O) groups excluding carboxylic acids is 1. The van der Waals surface area contributed by atoms with Gasteiger partial charge in [-0.1, -0.05) is 31.5 Å². The maximum absolute atomic E-state index is 11.9. The molecule has 18 heavy (non-hydrogen) atoms. The van der Waals surface area contributed by atoms with Crippen molar-refractivity contribution in [3.63, 3.8) is 0 Å². The third-order valence-corrected chi connectivity index (χ3v) is 3.73. The fourth-order valence-corrected chi connectivity index (χ4v) is 2.19. The summed E-state index contributed by atoms with van der Waals surface area (Å²) < 4.78 is 0.680. The molecular formula is C13H17BrClNO2. The van der Waals surface area contributed by atoms with E-state index in [1.165, 1.54) is 0 Å². The van der Waals surface area contributed by atoms with Gasteiger partial charge in [0, 0.05) is 11.0 Å². The molecule has 3 nitrogen and oxygen atoms in total. The molecule has 0 spiro atoms. The lowest BCUT2D eigenvalue weighted by molar-refractivity contribution is 0.0900. The highest BCUT2D eigenvalue weighted by atomic mass is 79.9. The first-order valence-electron chi connectivity index (χ1n) is 5.82. The van der Waals surface area contributed by atoms with Crippen molar-refractivity contribution in [1.82, 2.24) is 5.32 Å². The number of hydrogen-bond donors (Lipinski definition) is 2. The lowest BCUT2D eigenvalue weighted by Crippen LogP contribution is -2.32. The molecule has 0 aliphatic rings. The summed E-state index contributed by atoms with van der Waals surface area (Å²) >= 11 is 9.28. The Morgan fingerprint density at radius 1 is 1.50 bits per heavy atom. The summed E-state index contributed by atoms with van der Waals surface area (Å²) in [6.07, 6.45) is 0.131. The Morgan fingerprint density at radius 3 is 2.78 bits per heavy atom. The average molecular weight is 335 g/mol. The predicted molar refractivity (Wildman–Crippen MR) is 76.9 cm³/mol. The van der Waals surface area contributed by atoms with Crippen molar-refractivity contribution in [1.29, 1.82) is 0 Å². The zero-order valence-corrected chi connectivity index (χ0v) is 12.8. The van der Waals surface area contributed by atoms with Gasteiger partial charge in [-0.25, -0.2) is 0 Å². The third kappa shape index (κ3) is 4.59. The van der Waals surface area contributed by atoms with E-state index in [0.717, 1.165) is 0 Å². The van der Waals surface area contributed by atoms with E-state index in [1.54, 1.807) is 18.2 Å². The minimum absolute atomic E-state index is 0.236. The molecule has 1 aromatic carbocycles. The SMILES string of the molecule is CC(C)CC(O)CNC(=O)c1cccc(Br)c1Cl. The Morgan fingerprint density at radius 2 is 2.17 bits per heavy atom. The lowest BCUT2D eigenvalue weighted by Gasteiger charge is -2.14. The first-order chi connectivity index (χ1) is 8.41. The number of carbonyl (C=O) groups is 1. The Balaban J connectivity index is 2.58. The fraction of sp³-hybridized carbons (Fsp3) is 0.462. The highest BCUT2D eigenvalue weighted by molar-refractivity contribution is 9.10. The number of aliphatic hydroxyl groups is 1. The molecular weight excluding hydrogens is 318 g/mol. The van der Waals surface area contributed by atoms with Crippen LogP contribution in [0.15, 0.2) is 22.7 Å². The van der Waals surface area contributed by atoms with Crippen LogP contribution >= 0.6 is 27.5 Å². The zero-order chi connectivity index (χ0) is 13.7. The van der Waals surface area contributed by atoms with Crippen LogP contribution in [0, 0.1) is 5.92 Å². The van der Waals surface area contributed by atoms with Gasteiger partial charge < -0.3 is 10.4 Å². The monoisotopic (exact) mass is 333 g/mol. The summed E-state index contributed by atoms with van der Waals surface area (Å²) in [4.78, 5) is 11.9. The second-order valence-corrected chi connectivity index (χ2v) is 5.83. The standard InChI is InChI=1S/C13H17BrClNO2/c1-8(2)6-9(17)7-16-13(18)10-4-3-5-11(14)12(10)15/h3-5,8-9,17H,6-7H2,1-2H3,(H,16,18). The van der Waals surface area contributed by atoms with Crippen molar-refractivity contribution in [3.8, 4) is 0 Å². The highest BCUT2D eigenvalue weighted by Gasteiger charge is 2.14. The van der Waals surface area contributed by atoms with E-state index in [0.29, 0.717) is 27.4 Å². The van der Waals surface area contributed by atoms with Gasteiger partial charge >= 0.3 is 0 Å². The van der Waals surface area contributed by atoms with Gasteiger partial charge in [0.25, 0.3) is 5.91 Å². The van der Waals surface area contributed by atoms with Crippen molar-refractivity contribution in [2.75, 3.05) is 6.54 Å². The number of hydrogen-bond acceptors (Lipinski definition) is 2. The molecule has 1 amide bonds. The van der Waals surface area contributed by atoms with Crippen LogP contribution in [0.4, 0.5) is 0 Å². The van der Waals surface area contributed by atoms with E-state index >= 15 is 0 Å². The number of nitrogens with one attached hydrogen (secondary N) is 1. The topological polar surface area (TPSA) is 49.3 Å². The molecule has 0 saturated heterocycles. The van der Waals surface area contributed by atoms with Crippen LogP contribution in [0.1, 0.15) is 30.6 Å². The van der Waals surface area contributed by atoms with E-state index in [-0.39, 0.29) is 12.5 Å². The van der Waals surface area contributed by atoms with E-state index in [1.807, 2.05) is 13.8 Å². The Hall–Kier alpha value is -0.580. The second kappa shape index (κ2) is 7.12. The van der Waals surface area contributed by atoms with E-state index in [9.17, 15) is 9.90 Å². The van der Waals surface area contributed by atoms with Gasteiger partial charge in [-0.05, 0) is 40.4 Å². The average Bonchev–Trinajstić information content (AvgIpc) is 2.29. The van der Waals surface area contributed by atoms with E-state index < -0.39 is 6.10 Å². The number of rotatable bonds is 5. The molecule has 0 aliphatic heterocycles. The first kappa shape index (κ1) is 15.5. The molecule has 2 N–H and O–H groups in total. The van der Waals surface area contributed by atoms with Crippen molar-refractivity contribution in [2.45, 2.75) is 26.4 Å². The van der Waals surface area contributed by atoms with Gasteiger partial charge in [-0.3, -0.25) is 4.79 Å². The van der Waals surface area contributed by atoms with Gasteiger partial charge in [0.15, 0.2) is 0 Å². The Bertz CT molecular complexity index is 423. The molecule has 0 bridgehead atoms. The van der Waals surface area contributed by atoms with Crippen LogP contribution in [-0.2, 0) is 0 Å². The molecule has 5 heteroatoms. The van der Waals surface area contributed by atoms with Gasteiger partial charge in [-0.2, -0.15) is 0 Å². The molecule has 0 fully saturated rings. The van der Waals surface area contributed by atoms with Crippen LogP contribution in [0.3, 0.4) is 0 Å². The van der Waals surface area contributed by atoms with Crippen LogP contribution in [0.25, 0.3) is 0 Å². The Kier molecular flexibility index (Phi) is 6.12. The molecule has 1 unspecified atom stereocenters. The molecule has 0 aromatic heterocycles. The normalized spacial score (nSPS) is 12.6. The van der Waals surface area contributed by atoms with Crippen molar-refractivity contribution in [3.05, 3.63) is 33.3 Å². The van der Waals surface area contributed by atoms with Crippen molar-refractivity contribution in [2.24, 2.45) is 5.92 Å². The number of benzene rings is 1. The minimum Gasteiger partial charge on any atom is -0.391 e. The van der Waals surface area contributed by atoms with Gasteiger partial charge in [0.05, 0.1) is 16.7 Å². The van der Waals surface area contributed by atoms with Crippen LogP contribution < -0.4 is 5.32 Å². The molecule has 0 aliphatic carbocycles. The summed E-state index contributed by atoms with van der Waals surface area (Å²) in [5.74, 6) is 0.121. The summed E-state index contributed by atoms with van der Waals surface area (Å²) in [6.45, 7) is 4.28. The molecule has 1 rings (SSSR count). The van der Waals surface area contributed by atoms with Crippen LogP contribution in [0.5, 0.6) is 0 Å². The van der Waals surface area contributed by atoms with Gasteiger partial charge in [0.2, 0.25) is 0 Å². The molecule has 100 valence electrons. The summed E-state index contributed by atoms with van der Waals surface area (Å²) in [5, 5.41) is 12.7. The molecule has 0 radical (unpaired) electrons. The van der Waals surface area contributed by atoms with E-state index in [2.05, 4.69) is 21.2 Å². The quantitative estimate of drug-likeness (QED) is 0.868. The van der Waals surface area contributed by atoms with Crippen molar-refractivity contribution < 1.29 is 9.90 Å². The first-order valence-corrected chi connectivity index (χ1v) is 6.99. The number of amides is 1. The van der Waals surface area contributed by atoms with E-state index in [4.69, 9.17) is 11.6 Å². The molecule has 1 atom stereocenters. The maximum atomic E-state index is 11.9. The fourth-order valence-electron chi connectivity index (χ4n) is 1.61. The largest absolute Gasteiger partial charge is 0.391 e. The summed E-state index contributed by atoms with van der Waals surface area (Å²) in [7, 11) is 0. The number of aliphatic hydroxyl groups excluding tert-OH is 1. The lowest BCUT2D eigenvalue weighted by atomic mass is 10.1. The third-order valence-electron chi connectivity index (χ3n) is 2.44. The second-order valence-electron chi connectivity index (χ2n) is 4.59. The summed E-state index contributed by atoms with van der Waals surface area (Å²) in [6, 6.07) is 5.17. The van der Waals surface area contributed by atoms with Crippen molar-refractivity contribution >= 4 is 33.4 Å². The number of halogens is 2. The van der Waals surface area contributed by atoms with Crippen LogP contribution in [-0.4, -0.2) is 23.7 Å². The highest BCUT2D eigenvalue weighted by Crippen LogP contribution is 2.25. The smallest absolute Gasteiger partial charge is 0.252 e. The van der Waals surface area contributed by atoms with Gasteiger partial charge in [0.1, 0.15) is 0 Å². The molecule has 0 heterocycles. The summed E-state index contributed by atoms with van der Waals surface area (Å²) in [5.41, 5.74) is 0.405. The predicted octanol–water partition coefficient (Wildman–Crippen LogP) is 3.24. The molecule has 0 saturated carbocycles. The minimum atomic E-state index is -0.528. The maximum Gasteiger partial charge on any atom is 0.252 e. The van der Waals surface area contributed by atoms with Gasteiger partial charge in [-0.15, -0.1) is 0 Å². The Labute approximate surface area is 121 Å². The molecule has 1 aromatic rings. The zero-order valence-electron chi connectivity index (χ0n) is 10.4.